The number of nitrogens with zero attached hydrogens (tertiary/aromatic N) is 5. The molecule has 0 spiro atoms. The highest BCUT2D eigenvalue weighted by Gasteiger charge is 2.53. The van der Waals surface area contributed by atoms with E-state index in [-0.39, 0.29) is 11.9 Å². The number of likely N-dealkylation sites (N-methyl/N-ethyl adjacent to an activating group) is 1. The predicted octanol–water partition coefficient (Wildman–Crippen LogP) is 2.48. The zero-order valence-electron chi connectivity index (χ0n) is 15.2. The molecule has 1 unspecified atom stereocenters. The molecule has 7 nitrogen and oxygen atoms in total. The summed E-state index contributed by atoms with van der Waals surface area (Å²) < 4.78 is 4.23. The normalized spacial score (nSPS) is 23.3. The fraction of sp³-hybridized carbons (Fsp3) is 0.667. The number of amidine groups is 1. The average Bonchev–Trinajstić information content (AvgIpc) is 3.28. The van der Waals surface area contributed by atoms with E-state index in [9.17, 15) is 9.59 Å². The first-order valence-corrected chi connectivity index (χ1v) is 9.35. The molecule has 134 valence electrons. The summed E-state index contributed by atoms with van der Waals surface area (Å²) in [6.07, 6.45) is 8.58. The summed E-state index contributed by atoms with van der Waals surface area (Å²) in [6, 6.07) is -0.313. The van der Waals surface area contributed by atoms with Gasteiger partial charge in [-0.1, -0.05) is 18.3 Å². The maximum Gasteiger partial charge on any atom is 0.402 e. The van der Waals surface area contributed by atoms with Crippen LogP contribution in [0.3, 0.4) is 0 Å². The second-order valence-electron chi connectivity index (χ2n) is 7.34. The number of rotatable bonds is 4. The van der Waals surface area contributed by atoms with E-state index in [0.717, 1.165) is 37.3 Å². The maximum atomic E-state index is 13.0. The Labute approximate surface area is 147 Å². The van der Waals surface area contributed by atoms with Gasteiger partial charge in [0.1, 0.15) is 11.9 Å². The van der Waals surface area contributed by atoms with Crippen LogP contribution in [0.15, 0.2) is 11.2 Å². The number of fused-ring (bicyclic) bond motifs is 3. The van der Waals surface area contributed by atoms with Gasteiger partial charge in [-0.3, -0.25) is 14.6 Å². The minimum absolute atomic E-state index is 0.150. The zero-order chi connectivity index (χ0) is 17.7. The topological polar surface area (TPSA) is 61.8 Å². The standard InChI is InChI=1S/C18H26N5O2/c1-4-5-10-21-16(24)14-15(20(3)18(21)25)19-17-22(14)11-12(2)23(17)13-8-6-7-9-13/h11,13-14H,4-10H2,1-3H3/q+1. The summed E-state index contributed by atoms with van der Waals surface area (Å²) in [5.74, 6) is 1.22. The summed E-state index contributed by atoms with van der Waals surface area (Å²) in [6.45, 7) is 4.61. The van der Waals surface area contributed by atoms with Gasteiger partial charge in [0, 0.05) is 13.6 Å². The second kappa shape index (κ2) is 5.97. The number of imide groups is 1. The van der Waals surface area contributed by atoms with E-state index in [2.05, 4.69) is 18.4 Å². The predicted molar refractivity (Wildman–Crippen MR) is 92.8 cm³/mol. The van der Waals surface area contributed by atoms with Crippen LogP contribution < -0.4 is 4.57 Å². The molecule has 0 radical (unpaired) electrons. The average molecular weight is 344 g/mol. The summed E-state index contributed by atoms with van der Waals surface area (Å²) in [4.78, 5) is 33.3. The SMILES string of the molecule is CCCCN1C(=O)C2C(=Nc3n(C4CCCC4)c(C)c[n+]32)N(C)C1=O. The number of imidazole rings is 1. The highest BCUT2D eigenvalue weighted by atomic mass is 16.2. The summed E-state index contributed by atoms with van der Waals surface area (Å²) in [7, 11) is 1.72. The highest BCUT2D eigenvalue weighted by molar-refractivity contribution is 6.19. The van der Waals surface area contributed by atoms with Crippen LogP contribution in [0.25, 0.3) is 0 Å². The lowest BCUT2D eigenvalue weighted by Gasteiger charge is -2.33. The number of urea groups is 1. The van der Waals surface area contributed by atoms with Crippen molar-refractivity contribution in [3.05, 3.63) is 11.9 Å². The molecule has 2 fully saturated rings. The van der Waals surface area contributed by atoms with Crippen molar-refractivity contribution in [2.24, 2.45) is 4.99 Å². The van der Waals surface area contributed by atoms with Gasteiger partial charge in [-0.25, -0.2) is 13.9 Å². The van der Waals surface area contributed by atoms with Gasteiger partial charge < -0.3 is 0 Å². The van der Waals surface area contributed by atoms with Crippen molar-refractivity contribution < 1.29 is 14.2 Å². The van der Waals surface area contributed by atoms with Gasteiger partial charge in [0.25, 0.3) is 5.91 Å². The van der Waals surface area contributed by atoms with Crippen LogP contribution in [0, 0.1) is 6.92 Å². The van der Waals surface area contributed by atoms with E-state index in [4.69, 9.17) is 4.99 Å². The highest BCUT2D eigenvalue weighted by Crippen LogP contribution is 2.37. The van der Waals surface area contributed by atoms with Gasteiger partial charge in [0.05, 0.1) is 6.04 Å². The first-order chi connectivity index (χ1) is 12.0. The third-order valence-electron chi connectivity index (χ3n) is 5.68. The zero-order valence-corrected chi connectivity index (χ0v) is 15.2. The summed E-state index contributed by atoms with van der Waals surface area (Å²) >= 11 is 0. The molecule has 3 amide bonds. The van der Waals surface area contributed by atoms with E-state index in [1.54, 1.807) is 11.9 Å². The second-order valence-corrected chi connectivity index (χ2v) is 7.34. The molecular formula is C18H26N5O2+. The smallest absolute Gasteiger partial charge is 0.270 e. The lowest BCUT2D eigenvalue weighted by Crippen LogP contribution is -2.62. The van der Waals surface area contributed by atoms with E-state index in [1.807, 2.05) is 10.8 Å². The quantitative estimate of drug-likeness (QED) is 0.788. The fourth-order valence-corrected chi connectivity index (χ4v) is 4.34. The Hall–Kier alpha value is -2.18. The number of unbranched alkanes of at least 4 members (excludes halogenated alkanes) is 1. The van der Waals surface area contributed by atoms with E-state index >= 15 is 0 Å². The molecular weight excluding hydrogens is 318 g/mol. The molecule has 25 heavy (non-hydrogen) atoms. The van der Waals surface area contributed by atoms with Crippen molar-refractivity contribution in [2.45, 2.75) is 64.5 Å². The molecule has 1 saturated heterocycles. The maximum absolute atomic E-state index is 13.0. The molecule has 4 rings (SSSR count). The van der Waals surface area contributed by atoms with Crippen molar-refractivity contribution in [3.63, 3.8) is 0 Å². The molecule has 3 heterocycles. The molecule has 7 heteroatoms. The molecule has 0 aromatic carbocycles. The monoisotopic (exact) mass is 344 g/mol. The molecule has 1 saturated carbocycles. The first kappa shape index (κ1) is 16.3. The third kappa shape index (κ3) is 2.32. The lowest BCUT2D eigenvalue weighted by molar-refractivity contribution is -0.677. The Morgan fingerprint density at radius 1 is 1.28 bits per heavy atom. The van der Waals surface area contributed by atoms with Crippen LogP contribution in [0.1, 0.15) is 63.2 Å². The van der Waals surface area contributed by atoms with E-state index < -0.39 is 6.04 Å². The van der Waals surface area contributed by atoms with Crippen LogP contribution in [-0.4, -0.2) is 45.7 Å². The minimum atomic E-state index is -0.504. The molecule has 1 aromatic heterocycles. The number of aryl methyl sites for hydroxylation is 1. The number of aliphatic imine (C=N–C) groups is 1. The number of carbonyl (C=O) groups is 2. The third-order valence-corrected chi connectivity index (χ3v) is 5.68. The molecule has 2 aliphatic heterocycles. The lowest BCUT2D eigenvalue weighted by atomic mass is 10.1. The van der Waals surface area contributed by atoms with E-state index in [0.29, 0.717) is 18.4 Å². The Morgan fingerprint density at radius 2 is 2.00 bits per heavy atom. The summed E-state index contributed by atoms with van der Waals surface area (Å²) in [5.41, 5.74) is 1.14. The van der Waals surface area contributed by atoms with Gasteiger partial charge >= 0.3 is 12.0 Å². The van der Waals surface area contributed by atoms with Crippen molar-refractivity contribution in [1.82, 2.24) is 14.4 Å². The Morgan fingerprint density at radius 3 is 2.68 bits per heavy atom. The van der Waals surface area contributed by atoms with Crippen molar-refractivity contribution >= 4 is 23.7 Å². The van der Waals surface area contributed by atoms with Crippen molar-refractivity contribution in [3.8, 4) is 0 Å². The van der Waals surface area contributed by atoms with Crippen molar-refractivity contribution in [2.75, 3.05) is 13.6 Å². The molecule has 1 aliphatic carbocycles. The molecule has 3 aliphatic rings. The van der Waals surface area contributed by atoms with Crippen molar-refractivity contribution in [1.29, 1.82) is 0 Å². The van der Waals surface area contributed by atoms with Crippen LogP contribution in [0.2, 0.25) is 0 Å². The molecule has 1 atom stereocenters. The molecule has 0 bridgehead atoms. The molecule has 1 aromatic rings. The number of carbonyl (C=O) groups excluding carboxylic acids is 2. The number of amides is 3. The number of hydrogen-bond donors (Lipinski definition) is 0. The number of aromatic nitrogens is 2. The first-order valence-electron chi connectivity index (χ1n) is 9.35. The van der Waals surface area contributed by atoms with Crippen LogP contribution in [0.5, 0.6) is 0 Å². The molecule has 0 N–H and O–H groups in total. The van der Waals surface area contributed by atoms with Gasteiger partial charge in [-0.2, -0.15) is 0 Å². The van der Waals surface area contributed by atoms with Gasteiger partial charge in [-0.05, 0) is 39.0 Å². The minimum Gasteiger partial charge on any atom is -0.270 e. The Kier molecular flexibility index (Phi) is 3.89. The van der Waals surface area contributed by atoms with Crippen LogP contribution >= 0.6 is 0 Å². The fourth-order valence-electron chi connectivity index (χ4n) is 4.34. The van der Waals surface area contributed by atoms with Gasteiger partial charge in [0.15, 0.2) is 0 Å². The van der Waals surface area contributed by atoms with Gasteiger partial charge in [-0.15, -0.1) is 0 Å². The van der Waals surface area contributed by atoms with Gasteiger partial charge in [0.2, 0.25) is 11.9 Å². The van der Waals surface area contributed by atoms with Crippen LogP contribution in [0.4, 0.5) is 10.7 Å². The Bertz CT molecular complexity index is 760. The van der Waals surface area contributed by atoms with Crippen LogP contribution in [-0.2, 0) is 4.79 Å². The van der Waals surface area contributed by atoms with E-state index in [1.165, 1.54) is 17.7 Å². The summed E-state index contributed by atoms with van der Waals surface area (Å²) in [5, 5.41) is 0. The largest absolute Gasteiger partial charge is 0.402 e. The Balaban J connectivity index is 1.75. The number of hydrogen-bond acceptors (Lipinski definition) is 3.